The first-order chi connectivity index (χ1) is 9.11. The van der Waals surface area contributed by atoms with Gasteiger partial charge in [-0.15, -0.1) is 0 Å². The Bertz CT molecular complexity index is 310. The minimum Gasteiger partial charge on any atom is -0.481 e. The van der Waals surface area contributed by atoms with Crippen molar-refractivity contribution < 1.29 is 9.90 Å². The van der Waals surface area contributed by atoms with Crippen LogP contribution in [-0.2, 0) is 4.79 Å². The Kier molecular flexibility index (Phi) is 4.88. The Morgan fingerprint density at radius 2 is 1.95 bits per heavy atom. The smallest absolute Gasteiger partial charge is 0.310 e. The molecule has 1 saturated heterocycles. The molecule has 110 valence electrons. The molecule has 1 N–H and O–H groups in total. The number of carboxylic acid groups (broad SMARTS) is 1. The van der Waals surface area contributed by atoms with E-state index in [-0.39, 0.29) is 0 Å². The Labute approximate surface area is 117 Å². The van der Waals surface area contributed by atoms with E-state index in [0.29, 0.717) is 6.04 Å². The van der Waals surface area contributed by atoms with Gasteiger partial charge in [-0.25, -0.2) is 0 Å². The molecular weight excluding hydrogens is 238 g/mol. The van der Waals surface area contributed by atoms with Crippen molar-refractivity contribution in [3.8, 4) is 0 Å². The Hall–Kier alpha value is -0.570. The summed E-state index contributed by atoms with van der Waals surface area (Å²) in [5, 5.41) is 9.56. The number of piperidine rings is 1. The molecule has 1 aliphatic carbocycles. The summed E-state index contributed by atoms with van der Waals surface area (Å²) in [7, 11) is 0. The molecule has 0 spiro atoms. The molecular formula is C16H29NO2. The van der Waals surface area contributed by atoms with Gasteiger partial charge in [-0.05, 0) is 57.4 Å². The minimum absolute atomic E-state index is 0.472. The van der Waals surface area contributed by atoms with Gasteiger partial charge in [-0.3, -0.25) is 9.69 Å². The van der Waals surface area contributed by atoms with E-state index in [9.17, 15) is 9.90 Å². The van der Waals surface area contributed by atoms with Crippen molar-refractivity contribution in [1.29, 1.82) is 0 Å². The summed E-state index contributed by atoms with van der Waals surface area (Å²) in [6.45, 7) is 6.21. The normalized spacial score (nSPS) is 37.2. The van der Waals surface area contributed by atoms with E-state index in [1.54, 1.807) is 0 Å². The lowest BCUT2D eigenvalue weighted by molar-refractivity contribution is -0.153. The number of nitrogens with zero attached hydrogens (tertiary/aromatic N) is 1. The lowest BCUT2D eigenvalue weighted by Crippen LogP contribution is -2.51. The van der Waals surface area contributed by atoms with Crippen LogP contribution in [0.15, 0.2) is 0 Å². The van der Waals surface area contributed by atoms with Crippen molar-refractivity contribution >= 4 is 5.97 Å². The molecule has 1 atom stereocenters. The van der Waals surface area contributed by atoms with E-state index in [1.165, 1.54) is 32.1 Å². The summed E-state index contributed by atoms with van der Waals surface area (Å²) in [5.74, 6) is 0.332. The second kappa shape index (κ2) is 6.25. The molecule has 0 aromatic carbocycles. The molecule has 1 saturated carbocycles. The maximum atomic E-state index is 11.6. The van der Waals surface area contributed by atoms with Crippen LogP contribution < -0.4 is 0 Å². The predicted octanol–water partition coefficient (Wildman–Crippen LogP) is 3.53. The maximum absolute atomic E-state index is 11.6. The van der Waals surface area contributed by atoms with E-state index in [1.807, 2.05) is 6.92 Å². The summed E-state index contributed by atoms with van der Waals surface area (Å²) in [4.78, 5) is 14.1. The third-order valence-electron chi connectivity index (χ3n) is 5.65. The lowest BCUT2D eigenvalue weighted by Gasteiger charge is -2.45. The van der Waals surface area contributed by atoms with Gasteiger partial charge in [0.25, 0.3) is 0 Å². The minimum atomic E-state index is -0.582. The lowest BCUT2D eigenvalue weighted by atomic mass is 9.76. The van der Waals surface area contributed by atoms with Gasteiger partial charge in [0.2, 0.25) is 0 Å². The number of rotatable bonds is 4. The zero-order valence-electron chi connectivity index (χ0n) is 12.5. The molecule has 0 aromatic heterocycles. The summed E-state index contributed by atoms with van der Waals surface area (Å²) in [5.41, 5.74) is -0.472. The monoisotopic (exact) mass is 267 g/mol. The summed E-state index contributed by atoms with van der Waals surface area (Å²) >= 11 is 0. The van der Waals surface area contributed by atoms with E-state index >= 15 is 0 Å². The summed E-state index contributed by atoms with van der Waals surface area (Å²) in [6.07, 6.45) is 9.21. The number of hydrogen-bond acceptors (Lipinski definition) is 2. The van der Waals surface area contributed by atoms with Crippen molar-refractivity contribution in [3.63, 3.8) is 0 Å². The quantitative estimate of drug-likeness (QED) is 0.847. The van der Waals surface area contributed by atoms with Gasteiger partial charge in [0.05, 0.1) is 5.41 Å². The van der Waals surface area contributed by atoms with Crippen LogP contribution in [0.25, 0.3) is 0 Å². The highest BCUT2D eigenvalue weighted by Gasteiger charge is 2.42. The Morgan fingerprint density at radius 3 is 2.47 bits per heavy atom. The molecule has 0 amide bonds. The van der Waals surface area contributed by atoms with Crippen molar-refractivity contribution in [3.05, 3.63) is 0 Å². The number of hydrogen-bond donors (Lipinski definition) is 1. The molecule has 0 aromatic rings. The van der Waals surface area contributed by atoms with Crippen LogP contribution in [0.2, 0.25) is 0 Å². The predicted molar refractivity (Wildman–Crippen MR) is 77.2 cm³/mol. The molecule has 19 heavy (non-hydrogen) atoms. The highest BCUT2D eigenvalue weighted by molar-refractivity contribution is 5.75. The first kappa shape index (κ1) is 14.8. The topological polar surface area (TPSA) is 40.5 Å². The van der Waals surface area contributed by atoms with Crippen molar-refractivity contribution in [2.45, 2.75) is 71.3 Å². The van der Waals surface area contributed by atoms with Gasteiger partial charge in [0.1, 0.15) is 0 Å². The van der Waals surface area contributed by atoms with Gasteiger partial charge >= 0.3 is 5.97 Å². The van der Waals surface area contributed by atoms with Gasteiger partial charge in [0, 0.05) is 12.6 Å². The van der Waals surface area contributed by atoms with E-state index in [0.717, 1.165) is 38.3 Å². The highest BCUT2D eigenvalue weighted by atomic mass is 16.4. The second-order valence-corrected chi connectivity index (χ2v) is 6.60. The van der Waals surface area contributed by atoms with E-state index < -0.39 is 11.4 Å². The van der Waals surface area contributed by atoms with Crippen LogP contribution in [0.1, 0.15) is 65.2 Å². The fraction of sp³-hybridized carbons (Fsp3) is 0.938. The number of aliphatic carboxylic acids is 1. The highest BCUT2D eigenvalue weighted by Crippen LogP contribution is 2.37. The fourth-order valence-corrected chi connectivity index (χ4v) is 4.01. The van der Waals surface area contributed by atoms with Gasteiger partial charge in [0.15, 0.2) is 0 Å². The van der Waals surface area contributed by atoms with Crippen LogP contribution >= 0.6 is 0 Å². The van der Waals surface area contributed by atoms with Crippen molar-refractivity contribution in [2.75, 3.05) is 13.1 Å². The van der Waals surface area contributed by atoms with Crippen LogP contribution in [-0.4, -0.2) is 35.1 Å². The molecule has 1 aliphatic heterocycles. The molecule has 2 rings (SSSR count). The number of likely N-dealkylation sites (tertiary alicyclic amines) is 1. The van der Waals surface area contributed by atoms with Crippen LogP contribution in [0, 0.1) is 11.3 Å². The maximum Gasteiger partial charge on any atom is 0.310 e. The summed E-state index contributed by atoms with van der Waals surface area (Å²) < 4.78 is 0. The molecule has 1 unspecified atom stereocenters. The Balaban J connectivity index is 1.96. The molecule has 3 heteroatoms. The zero-order chi connectivity index (χ0) is 13.9. The van der Waals surface area contributed by atoms with E-state index in [4.69, 9.17) is 0 Å². The standard InChI is InChI=1S/C16H29NO2/c1-3-13-6-8-14(9-7-13)17-11-5-10-16(4-2,12-17)15(18)19/h13-14H,3-12H2,1-2H3,(H,18,19). The fourth-order valence-electron chi connectivity index (χ4n) is 4.01. The molecule has 0 bridgehead atoms. The molecule has 3 nitrogen and oxygen atoms in total. The van der Waals surface area contributed by atoms with Gasteiger partial charge in [-0.1, -0.05) is 20.3 Å². The van der Waals surface area contributed by atoms with Crippen molar-refractivity contribution in [1.82, 2.24) is 4.90 Å². The van der Waals surface area contributed by atoms with Crippen molar-refractivity contribution in [2.24, 2.45) is 11.3 Å². The molecule has 2 fully saturated rings. The van der Waals surface area contributed by atoms with Crippen LogP contribution in [0.3, 0.4) is 0 Å². The average molecular weight is 267 g/mol. The van der Waals surface area contributed by atoms with Gasteiger partial charge < -0.3 is 5.11 Å². The molecule has 0 radical (unpaired) electrons. The van der Waals surface area contributed by atoms with Gasteiger partial charge in [-0.2, -0.15) is 0 Å². The zero-order valence-corrected chi connectivity index (χ0v) is 12.5. The molecule has 2 aliphatic rings. The Morgan fingerprint density at radius 1 is 1.26 bits per heavy atom. The van der Waals surface area contributed by atoms with E-state index in [2.05, 4.69) is 11.8 Å². The SMILES string of the molecule is CCC1CCC(N2CCCC(CC)(C(=O)O)C2)CC1. The first-order valence-electron chi connectivity index (χ1n) is 8.08. The number of carbonyl (C=O) groups is 1. The first-order valence-corrected chi connectivity index (χ1v) is 8.08. The number of carboxylic acids is 1. The van der Waals surface area contributed by atoms with Crippen LogP contribution in [0.5, 0.6) is 0 Å². The van der Waals surface area contributed by atoms with Crippen LogP contribution in [0.4, 0.5) is 0 Å². The average Bonchev–Trinajstić information content (AvgIpc) is 2.47. The largest absolute Gasteiger partial charge is 0.481 e. The molecule has 1 heterocycles. The third kappa shape index (κ3) is 3.13. The second-order valence-electron chi connectivity index (χ2n) is 6.60. The third-order valence-corrected chi connectivity index (χ3v) is 5.65. The summed E-state index contributed by atoms with van der Waals surface area (Å²) in [6, 6.07) is 0.647.